The van der Waals surface area contributed by atoms with Crippen LogP contribution in [0, 0.1) is 0 Å². The van der Waals surface area contributed by atoms with Crippen molar-refractivity contribution in [3.05, 3.63) is 59.7 Å². The van der Waals surface area contributed by atoms with Gasteiger partial charge in [-0.1, -0.05) is 77.9 Å². The van der Waals surface area contributed by atoms with Crippen molar-refractivity contribution in [1.29, 1.82) is 0 Å². The number of hydrogen-bond donors (Lipinski definition) is 0. The molecule has 0 aliphatic heterocycles. The first-order valence-electron chi connectivity index (χ1n) is 7.56. The van der Waals surface area contributed by atoms with Crippen LogP contribution in [0.4, 0.5) is 0 Å². The molecule has 1 heteroatoms. The van der Waals surface area contributed by atoms with Gasteiger partial charge >= 0.3 is 0 Å². The molecule has 2 aromatic rings. The van der Waals surface area contributed by atoms with Crippen LogP contribution in [0.25, 0.3) is 0 Å². The highest BCUT2D eigenvalue weighted by molar-refractivity contribution is 5.50. The van der Waals surface area contributed by atoms with E-state index in [1.165, 1.54) is 11.1 Å². The molecule has 21 heavy (non-hydrogen) atoms. The predicted octanol–water partition coefficient (Wildman–Crippen LogP) is 6.07. The molecule has 112 valence electrons. The van der Waals surface area contributed by atoms with Crippen molar-refractivity contribution < 1.29 is 4.74 Å². The lowest BCUT2D eigenvalue weighted by Crippen LogP contribution is -2.18. The average Bonchev–Trinajstić information content (AvgIpc) is 2.37. The maximum Gasteiger partial charge on any atom is 0.134 e. The first kappa shape index (κ1) is 15.6. The molecule has 0 aliphatic rings. The van der Waals surface area contributed by atoms with Gasteiger partial charge in [0.1, 0.15) is 11.5 Å². The summed E-state index contributed by atoms with van der Waals surface area (Å²) >= 11 is 0. The van der Waals surface area contributed by atoms with E-state index in [9.17, 15) is 0 Å². The Morgan fingerprint density at radius 2 is 1.10 bits per heavy atom. The third-order valence-corrected chi connectivity index (χ3v) is 3.59. The summed E-state index contributed by atoms with van der Waals surface area (Å²) in [5, 5.41) is 0. The van der Waals surface area contributed by atoms with Gasteiger partial charge in [-0.25, -0.2) is 0 Å². The number of benzene rings is 2. The molecule has 0 saturated carbocycles. The van der Waals surface area contributed by atoms with Crippen molar-refractivity contribution in [3.63, 3.8) is 0 Å². The number of ether oxygens (including phenoxy) is 1. The van der Waals surface area contributed by atoms with E-state index in [4.69, 9.17) is 4.74 Å². The van der Waals surface area contributed by atoms with E-state index in [1.807, 2.05) is 30.3 Å². The smallest absolute Gasteiger partial charge is 0.134 e. The maximum atomic E-state index is 6.29. The summed E-state index contributed by atoms with van der Waals surface area (Å²) in [5.41, 5.74) is 2.59. The maximum absolute atomic E-state index is 6.29. The molecule has 0 bridgehead atoms. The van der Waals surface area contributed by atoms with Crippen LogP contribution in [-0.4, -0.2) is 0 Å². The quantitative estimate of drug-likeness (QED) is 0.649. The lowest BCUT2D eigenvalue weighted by atomic mass is 9.79. The molecule has 0 N–H and O–H groups in total. The Balaban J connectivity index is 2.59. The van der Waals surface area contributed by atoms with E-state index >= 15 is 0 Å². The van der Waals surface area contributed by atoms with Crippen LogP contribution < -0.4 is 4.74 Å². The normalized spacial score (nSPS) is 12.3. The van der Waals surface area contributed by atoms with Gasteiger partial charge in [-0.2, -0.15) is 0 Å². The lowest BCUT2D eigenvalue weighted by Gasteiger charge is -2.29. The Bertz CT molecular complexity index is 566. The Morgan fingerprint density at radius 1 is 0.619 bits per heavy atom. The van der Waals surface area contributed by atoms with E-state index < -0.39 is 0 Å². The van der Waals surface area contributed by atoms with Crippen molar-refractivity contribution in [2.75, 3.05) is 0 Å². The van der Waals surface area contributed by atoms with Gasteiger partial charge in [0.25, 0.3) is 0 Å². The third kappa shape index (κ3) is 3.66. The standard InChI is InChI=1S/C20H26O/c1-19(2,3)16-13-10-14-17(20(4,5)6)18(16)21-15-11-8-7-9-12-15/h7-14H,1-6H3. The molecule has 0 spiro atoms. The predicted molar refractivity (Wildman–Crippen MR) is 90.4 cm³/mol. The van der Waals surface area contributed by atoms with Gasteiger partial charge in [-0.15, -0.1) is 0 Å². The van der Waals surface area contributed by atoms with Gasteiger partial charge in [-0.3, -0.25) is 0 Å². The largest absolute Gasteiger partial charge is 0.457 e. The minimum absolute atomic E-state index is 0.0470. The summed E-state index contributed by atoms with van der Waals surface area (Å²) in [4.78, 5) is 0. The van der Waals surface area contributed by atoms with E-state index in [1.54, 1.807) is 0 Å². The molecular formula is C20H26O. The average molecular weight is 282 g/mol. The van der Waals surface area contributed by atoms with Crippen molar-refractivity contribution in [2.45, 2.75) is 52.4 Å². The van der Waals surface area contributed by atoms with Crippen molar-refractivity contribution in [1.82, 2.24) is 0 Å². The summed E-state index contributed by atoms with van der Waals surface area (Å²) in [6.45, 7) is 13.4. The van der Waals surface area contributed by atoms with Crippen LogP contribution in [0.3, 0.4) is 0 Å². The third-order valence-electron chi connectivity index (χ3n) is 3.59. The number of hydrogen-bond acceptors (Lipinski definition) is 1. The zero-order chi connectivity index (χ0) is 15.7. The molecule has 0 amide bonds. The Morgan fingerprint density at radius 3 is 1.52 bits per heavy atom. The molecular weight excluding hydrogens is 256 g/mol. The zero-order valence-electron chi connectivity index (χ0n) is 14.0. The molecule has 0 atom stereocenters. The number of rotatable bonds is 2. The van der Waals surface area contributed by atoms with E-state index in [0.717, 1.165) is 11.5 Å². The molecule has 0 fully saturated rings. The molecule has 0 saturated heterocycles. The van der Waals surface area contributed by atoms with Gasteiger partial charge in [0, 0.05) is 11.1 Å². The van der Waals surface area contributed by atoms with Crippen molar-refractivity contribution >= 4 is 0 Å². The molecule has 0 unspecified atom stereocenters. The van der Waals surface area contributed by atoms with Crippen LogP contribution in [0.5, 0.6) is 11.5 Å². The molecule has 0 heterocycles. The first-order valence-corrected chi connectivity index (χ1v) is 7.56. The fourth-order valence-corrected chi connectivity index (χ4v) is 2.43. The van der Waals surface area contributed by atoms with E-state index in [2.05, 4.69) is 59.7 Å². The van der Waals surface area contributed by atoms with Crippen LogP contribution in [-0.2, 0) is 10.8 Å². The summed E-state index contributed by atoms with van der Waals surface area (Å²) < 4.78 is 6.29. The summed E-state index contributed by atoms with van der Waals surface area (Å²) in [6.07, 6.45) is 0. The summed E-state index contributed by atoms with van der Waals surface area (Å²) in [6, 6.07) is 16.5. The molecule has 0 aliphatic carbocycles. The van der Waals surface area contributed by atoms with Gasteiger partial charge < -0.3 is 4.74 Å². The van der Waals surface area contributed by atoms with Crippen molar-refractivity contribution in [2.24, 2.45) is 0 Å². The molecule has 0 aromatic heterocycles. The molecule has 0 radical (unpaired) electrons. The Kier molecular flexibility index (Phi) is 4.13. The van der Waals surface area contributed by atoms with Crippen LogP contribution in [0.2, 0.25) is 0 Å². The van der Waals surface area contributed by atoms with Gasteiger partial charge in [-0.05, 0) is 23.0 Å². The molecule has 1 nitrogen and oxygen atoms in total. The summed E-state index contributed by atoms with van der Waals surface area (Å²) in [7, 11) is 0. The summed E-state index contributed by atoms with van der Waals surface area (Å²) in [5.74, 6) is 1.89. The van der Waals surface area contributed by atoms with Gasteiger partial charge in [0.2, 0.25) is 0 Å². The van der Waals surface area contributed by atoms with E-state index in [0.29, 0.717) is 0 Å². The second-order valence-corrected chi connectivity index (χ2v) is 7.60. The van der Waals surface area contributed by atoms with E-state index in [-0.39, 0.29) is 10.8 Å². The Labute approximate surface area is 129 Å². The molecule has 2 aromatic carbocycles. The first-order chi connectivity index (χ1) is 9.69. The highest BCUT2D eigenvalue weighted by atomic mass is 16.5. The monoisotopic (exact) mass is 282 g/mol. The fraction of sp³-hybridized carbons (Fsp3) is 0.400. The van der Waals surface area contributed by atoms with Crippen LogP contribution >= 0.6 is 0 Å². The fourth-order valence-electron chi connectivity index (χ4n) is 2.43. The van der Waals surface area contributed by atoms with Crippen molar-refractivity contribution in [3.8, 4) is 11.5 Å². The van der Waals surface area contributed by atoms with Gasteiger partial charge in [0.15, 0.2) is 0 Å². The highest BCUT2D eigenvalue weighted by Gasteiger charge is 2.26. The minimum atomic E-state index is 0.0470. The van der Waals surface area contributed by atoms with Crippen LogP contribution in [0.1, 0.15) is 52.7 Å². The van der Waals surface area contributed by atoms with Crippen LogP contribution in [0.15, 0.2) is 48.5 Å². The topological polar surface area (TPSA) is 9.23 Å². The minimum Gasteiger partial charge on any atom is -0.457 e. The second-order valence-electron chi connectivity index (χ2n) is 7.60. The molecule has 2 rings (SSSR count). The lowest BCUT2D eigenvalue weighted by molar-refractivity contribution is 0.433. The van der Waals surface area contributed by atoms with Gasteiger partial charge in [0.05, 0.1) is 0 Å². The zero-order valence-corrected chi connectivity index (χ0v) is 14.0. The highest BCUT2D eigenvalue weighted by Crippen LogP contribution is 2.41. The second kappa shape index (κ2) is 5.55. The number of para-hydroxylation sites is 2. The SMILES string of the molecule is CC(C)(C)c1cccc(C(C)(C)C)c1Oc1ccccc1. The Hall–Kier alpha value is -1.76.